The lowest BCUT2D eigenvalue weighted by molar-refractivity contribution is -0.0000424. The molecule has 18 heavy (non-hydrogen) atoms. The maximum Gasteiger partial charge on any atom is 0.123 e. The summed E-state index contributed by atoms with van der Waals surface area (Å²) in [5.41, 5.74) is 2.50. The summed E-state index contributed by atoms with van der Waals surface area (Å²) >= 11 is 0. The van der Waals surface area contributed by atoms with E-state index in [1.807, 2.05) is 0 Å². The fraction of sp³-hybridized carbons (Fsp3) is 0.600. The number of hydrogen-bond donors (Lipinski definition) is 1. The van der Waals surface area contributed by atoms with Crippen LogP contribution in [0.1, 0.15) is 30.9 Å². The van der Waals surface area contributed by atoms with Gasteiger partial charge in [-0.15, -0.1) is 0 Å². The van der Waals surface area contributed by atoms with Crippen LogP contribution < -0.4 is 10.1 Å². The number of ether oxygens (including phenoxy) is 2. The average Bonchev–Trinajstić information content (AvgIpc) is 2.37. The molecular formula is C15H23NO2. The van der Waals surface area contributed by atoms with Gasteiger partial charge in [0.05, 0.1) is 6.61 Å². The van der Waals surface area contributed by atoms with E-state index in [1.54, 1.807) is 0 Å². The van der Waals surface area contributed by atoms with Crippen molar-refractivity contribution in [2.45, 2.75) is 32.8 Å². The monoisotopic (exact) mass is 249 g/mol. The van der Waals surface area contributed by atoms with E-state index in [0.717, 1.165) is 25.4 Å². The third-order valence-corrected chi connectivity index (χ3v) is 3.22. The summed E-state index contributed by atoms with van der Waals surface area (Å²) in [5.74, 6) is 1.48. The second-order valence-corrected chi connectivity index (χ2v) is 5.20. The first kappa shape index (κ1) is 13.4. The minimum absolute atomic E-state index is 0.166. The summed E-state index contributed by atoms with van der Waals surface area (Å²) in [5, 5.41) is 3.31. The van der Waals surface area contributed by atoms with Gasteiger partial charge in [-0.05, 0) is 30.0 Å². The molecule has 0 bridgehead atoms. The van der Waals surface area contributed by atoms with Crippen molar-refractivity contribution in [3.05, 3.63) is 29.3 Å². The molecular weight excluding hydrogens is 226 g/mol. The normalized spacial score (nSPS) is 20.1. The smallest absolute Gasteiger partial charge is 0.123 e. The quantitative estimate of drug-likeness (QED) is 0.889. The topological polar surface area (TPSA) is 30.5 Å². The Hall–Kier alpha value is -1.06. The Morgan fingerprint density at radius 2 is 2.28 bits per heavy atom. The maximum absolute atomic E-state index is 5.95. The lowest BCUT2D eigenvalue weighted by Crippen LogP contribution is -2.41. The molecule has 0 saturated carbocycles. The molecule has 3 heteroatoms. The highest BCUT2D eigenvalue weighted by Crippen LogP contribution is 2.27. The summed E-state index contributed by atoms with van der Waals surface area (Å²) in [4.78, 5) is 0. The van der Waals surface area contributed by atoms with E-state index >= 15 is 0 Å². The number of rotatable bonds is 4. The molecule has 1 heterocycles. The highest BCUT2D eigenvalue weighted by atomic mass is 16.5. The van der Waals surface area contributed by atoms with E-state index in [1.165, 1.54) is 11.1 Å². The van der Waals surface area contributed by atoms with Crippen LogP contribution in [0, 0.1) is 6.92 Å². The maximum atomic E-state index is 5.95. The Morgan fingerprint density at radius 1 is 1.44 bits per heavy atom. The van der Waals surface area contributed by atoms with E-state index in [9.17, 15) is 0 Å². The zero-order chi connectivity index (χ0) is 13.0. The molecule has 1 aromatic rings. The Labute approximate surface area is 109 Å². The molecule has 1 aliphatic heterocycles. The zero-order valence-electron chi connectivity index (χ0n) is 11.5. The zero-order valence-corrected chi connectivity index (χ0v) is 11.5. The van der Waals surface area contributed by atoms with Crippen LogP contribution in [-0.4, -0.2) is 32.4 Å². The van der Waals surface area contributed by atoms with Gasteiger partial charge in [0, 0.05) is 13.1 Å². The van der Waals surface area contributed by atoms with Gasteiger partial charge in [0.25, 0.3) is 0 Å². The lowest BCUT2D eigenvalue weighted by Gasteiger charge is -2.24. The summed E-state index contributed by atoms with van der Waals surface area (Å²) in [7, 11) is 0. The summed E-state index contributed by atoms with van der Waals surface area (Å²) in [6.07, 6.45) is 0.166. The summed E-state index contributed by atoms with van der Waals surface area (Å²) in [6, 6.07) is 6.42. The van der Waals surface area contributed by atoms with Gasteiger partial charge in [-0.25, -0.2) is 0 Å². The van der Waals surface area contributed by atoms with Crippen molar-refractivity contribution >= 4 is 0 Å². The number of benzene rings is 1. The molecule has 1 unspecified atom stereocenters. The Morgan fingerprint density at radius 3 is 2.94 bits per heavy atom. The van der Waals surface area contributed by atoms with Gasteiger partial charge in [-0.3, -0.25) is 0 Å². The van der Waals surface area contributed by atoms with Gasteiger partial charge in [-0.2, -0.15) is 0 Å². The first-order chi connectivity index (χ1) is 8.66. The largest absolute Gasteiger partial charge is 0.491 e. The fourth-order valence-electron chi connectivity index (χ4n) is 2.15. The van der Waals surface area contributed by atoms with Gasteiger partial charge < -0.3 is 14.8 Å². The van der Waals surface area contributed by atoms with Gasteiger partial charge >= 0.3 is 0 Å². The molecule has 0 radical (unpaired) electrons. The lowest BCUT2D eigenvalue weighted by atomic mass is 10.0. The first-order valence-electron chi connectivity index (χ1n) is 6.72. The van der Waals surface area contributed by atoms with E-state index in [-0.39, 0.29) is 6.10 Å². The van der Waals surface area contributed by atoms with Crippen molar-refractivity contribution in [2.24, 2.45) is 0 Å². The molecule has 0 aliphatic carbocycles. The van der Waals surface area contributed by atoms with Gasteiger partial charge in [0.1, 0.15) is 18.5 Å². The molecule has 1 N–H and O–H groups in total. The van der Waals surface area contributed by atoms with Gasteiger partial charge in [0.15, 0.2) is 0 Å². The second kappa shape index (κ2) is 6.21. The minimum atomic E-state index is 0.166. The van der Waals surface area contributed by atoms with Crippen LogP contribution in [0.3, 0.4) is 0 Å². The Balaban J connectivity index is 2.00. The van der Waals surface area contributed by atoms with Crippen molar-refractivity contribution in [1.29, 1.82) is 0 Å². The molecule has 0 aromatic heterocycles. The molecule has 3 nitrogen and oxygen atoms in total. The molecule has 1 aliphatic rings. The third-order valence-electron chi connectivity index (χ3n) is 3.22. The summed E-state index contributed by atoms with van der Waals surface area (Å²) < 4.78 is 11.6. The fourth-order valence-corrected chi connectivity index (χ4v) is 2.15. The van der Waals surface area contributed by atoms with Crippen LogP contribution in [0.2, 0.25) is 0 Å². The third kappa shape index (κ3) is 3.47. The van der Waals surface area contributed by atoms with Crippen molar-refractivity contribution in [3.63, 3.8) is 0 Å². The molecule has 0 amide bonds. The SMILES string of the molecule is Cc1ccc(C(C)C)c(OCC2CNCCO2)c1. The van der Waals surface area contributed by atoms with Crippen LogP contribution in [0.5, 0.6) is 5.75 Å². The molecule has 100 valence electrons. The van der Waals surface area contributed by atoms with E-state index in [4.69, 9.17) is 9.47 Å². The molecule has 1 fully saturated rings. The number of hydrogen-bond acceptors (Lipinski definition) is 3. The Kier molecular flexibility index (Phi) is 4.61. The van der Waals surface area contributed by atoms with E-state index in [0.29, 0.717) is 12.5 Å². The van der Waals surface area contributed by atoms with Crippen molar-refractivity contribution in [2.75, 3.05) is 26.3 Å². The molecule has 0 spiro atoms. The summed E-state index contributed by atoms with van der Waals surface area (Å²) in [6.45, 7) is 9.69. The van der Waals surface area contributed by atoms with Gasteiger partial charge in [0.2, 0.25) is 0 Å². The van der Waals surface area contributed by atoms with Crippen LogP contribution in [0.4, 0.5) is 0 Å². The Bertz CT molecular complexity index is 384. The predicted octanol–water partition coefficient (Wildman–Crippen LogP) is 2.49. The standard InChI is InChI=1S/C15H23NO2/c1-11(2)14-5-4-12(3)8-15(14)18-10-13-9-16-6-7-17-13/h4-5,8,11,13,16H,6-7,9-10H2,1-3H3. The highest BCUT2D eigenvalue weighted by molar-refractivity contribution is 5.39. The van der Waals surface area contributed by atoms with Crippen LogP contribution in [0.15, 0.2) is 18.2 Å². The van der Waals surface area contributed by atoms with Crippen molar-refractivity contribution in [1.82, 2.24) is 5.32 Å². The van der Waals surface area contributed by atoms with Gasteiger partial charge in [-0.1, -0.05) is 26.0 Å². The molecule has 1 aromatic carbocycles. The number of aryl methyl sites for hydroxylation is 1. The second-order valence-electron chi connectivity index (χ2n) is 5.20. The van der Waals surface area contributed by atoms with Crippen molar-refractivity contribution < 1.29 is 9.47 Å². The van der Waals surface area contributed by atoms with E-state index in [2.05, 4.69) is 44.3 Å². The van der Waals surface area contributed by atoms with Crippen LogP contribution >= 0.6 is 0 Å². The predicted molar refractivity (Wildman–Crippen MR) is 73.4 cm³/mol. The number of morpholine rings is 1. The van der Waals surface area contributed by atoms with Crippen molar-refractivity contribution in [3.8, 4) is 5.75 Å². The van der Waals surface area contributed by atoms with E-state index < -0.39 is 0 Å². The average molecular weight is 249 g/mol. The molecule has 2 rings (SSSR count). The minimum Gasteiger partial charge on any atom is -0.491 e. The van der Waals surface area contributed by atoms with Crippen LogP contribution in [-0.2, 0) is 4.74 Å². The highest BCUT2D eigenvalue weighted by Gasteiger charge is 2.15. The number of nitrogens with one attached hydrogen (secondary N) is 1. The first-order valence-corrected chi connectivity index (χ1v) is 6.72. The molecule has 1 atom stereocenters. The van der Waals surface area contributed by atoms with Crippen LogP contribution in [0.25, 0.3) is 0 Å². The molecule has 1 saturated heterocycles.